The summed E-state index contributed by atoms with van der Waals surface area (Å²) in [6, 6.07) is 3.58. The van der Waals surface area contributed by atoms with E-state index in [4.69, 9.17) is 25.8 Å². The van der Waals surface area contributed by atoms with Crippen LogP contribution >= 0.6 is 11.6 Å². The van der Waals surface area contributed by atoms with Gasteiger partial charge >= 0.3 is 0 Å². The third-order valence-electron chi connectivity index (χ3n) is 3.38. The fourth-order valence-electron chi connectivity index (χ4n) is 2.06. The van der Waals surface area contributed by atoms with Gasteiger partial charge in [0.15, 0.2) is 11.5 Å². The summed E-state index contributed by atoms with van der Waals surface area (Å²) in [6.45, 7) is 7.21. The molecule has 0 saturated heterocycles. The maximum atomic E-state index is 11.9. The molecule has 1 amide bonds. The van der Waals surface area contributed by atoms with Crippen LogP contribution in [0.15, 0.2) is 18.2 Å². The molecule has 1 N–H and O–H groups in total. The van der Waals surface area contributed by atoms with Crippen molar-refractivity contribution in [3.63, 3.8) is 0 Å². The topological polar surface area (TPSA) is 56.8 Å². The normalized spacial score (nSPS) is 12.4. The van der Waals surface area contributed by atoms with Gasteiger partial charge in [-0.3, -0.25) is 4.79 Å². The zero-order valence-electron chi connectivity index (χ0n) is 15.6. The van der Waals surface area contributed by atoms with Gasteiger partial charge in [0, 0.05) is 25.8 Å². The van der Waals surface area contributed by atoms with Crippen LogP contribution in [0.3, 0.4) is 0 Å². The Morgan fingerprint density at radius 2 is 2.00 bits per heavy atom. The van der Waals surface area contributed by atoms with E-state index >= 15 is 0 Å². The summed E-state index contributed by atoms with van der Waals surface area (Å²) in [5.41, 5.74) is 0.762. The number of carbonyl (C=O) groups excluding carboxylic acids is 1. The van der Waals surface area contributed by atoms with Gasteiger partial charge in [0.05, 0.1) is 18.7 Å². The first-order chi connectivity index (χ1) is 11.9. The Morgan fingerprint density at radius 1 is 1.28 bits per heavy atom. The van der Waals surface area contributed by atoms with Crippen LogP contribution in [0, 0.1) is 5.92 Å². The first kappa shape index (κ1) is 21.3. The number of halogens is 1. The van der Waals surface area contributed by atoms with Crippen molar-refractivity contribution in [2.75, 3.05) is 27.4 Å². The highest BCUT2D eigenvalue weighted by Crippen LogP contribution is 2.37. The minimum atomic E-state index is -0.168. The molecule has 0 fully saturated rings. The van der Waals surface area contributed by atoms with Crippen molar-refractivity contribution in [1.29, 1.82) is 0 Å². The smallest absolute Gasteiger partial charge is 0.244 e. The molecule has 6 heteroatoms. The van der Waals surface area contributed by atoms with Crippen molar-refractivity contribution in [3.05, 3.63) is 28.8 Å². The Hall–Kier alpha value is -1.72. The molecule has 1 aromatic carbocycles. The maximum absolute atomic E-state index is 11.9. The van der Waals surface area contributed by atoms with Gasteiger partial charge in [0.1, 0.15) is 0 Å². The number of carbonyl (C=O) groups is 1. The molecule has 1 rings (SSSR count). The molecule has 140 valence electrons. The highest BCUT2D eigenvalue weighted by Gasteiger charge is 2.12. The highest BCUT2D eigenvalue weighted by atomic mass is 35.5. The minimum Gasteiger partial charge on any atom is -0.493 e. The zero-order valence-corrected chi connectivity index (χ0v) is 16.4. The number of benzene rings is 1. The number of ether oxygens (including phenoxy) is 3. The van der Waals surface area contributed by atoms with Crippen molar-refractivity contribution in [3.8, 4) is 11.5 Å². The number of rotatable bonds is 10. The molecule has 0 aliphatic heterocycles. The summed E-state index contributed by atoms with van der Waals surface area (Å²) < 4.78 is 16.1. The van der Waals surface area contributed by atoms with E-state index in [1.807, 2.05) is 6.92 Å². The predicted octanol–water partition coefficient (Wildman–Crippen LogP) is 3.94. The second-order valence-electron chi connectivity index (χ2n) is 6.26. The highest BCUT2D eigenvalue weighted by molar-refractivity contribution is 6.32. The summed E-state index contributed by atoms with van der Waals surface area (Å²) in [6.07, 6.45) is 3.93. The first-order valence-corrected chi connectivity index (χ1v) is 8.73. The van der Waals surface area contributed by atoms with Gasteiger partial charge < -0.3 is 19.5 Å². The molecule has 5 nitrogen and oxygen atoms in total. The number of methoxy groups -OCH3 is 2. The third kappa shape index (κ3) is 7.80. The Labute approximate surface area is 155 Å². The predicted molar refractivity (Wildman–Crippen MR) is 101 cm³/mol. The average molecular weight is 370 g/mol. The van der Waals surface area contributed by atoms with Gasteiger partial charge in [-0.1, -0.05) is 25.4 Å². The fourth-order valence-corrected chi connectivity index (χ4v) is 2.33. The lowest BCUT2D eigenvalue weighted by Gasteiger charge is -2.14. The lowest BCUT2D eigenvalue weighted by molar-refractivity contribution is -0.117. The molecule has 0 aliphatic carbocycles. The van der Waals surface area contributed by atoms with E-state index in [0.717, 1.165) is 12.0 Å². The van der Waals surface area contributed by atoms with Gasteiger partial charge in [-0.2, -0.15) is 0 Å². The van der Waals surface area contributed by atoms with Crippen LogP contribution in [0.5, 0.6) is 11.5 Å². The number of hydrogen-bond donors (Lipinski definition) is 1. The molecule has 0 aromatic heterocycles. The number of nitrogens with one attached hydrogen (secondary N) is 1. The van der Waals surface area contributed by atoms with E-state index in [-0.39, 0.29) is 11.9 Å². The lowest BCUT2D eigenvalue weighted by atomic mass is 10.1. The minimum absolute atomic E-state index is 0.0435. The van der Waals surface area contributed by atoms with E-state index in [9.17, 15) is 4.79 Å². The van der Waals surface area contributed by atoms with Crippen molar-refractivity contribution in [2.24, 2.45) is 5.92 Å². The number of hydrogen-bond acceptors (Lipinski definition) is 4. The van der Waals surface area contributed by atoms with Crippen LogP contribution in [-0.4, -0.2) is 39.4 Å². The first-order valence-electron chi connectivity index (χ1n) is 8.35. The van der Waals surface area contributed by atoms with Crippen LogP contribution < -0.4 is 14.8 Å². The second kappa shape index (κ2) is 11.0. The van der Waals surface area contributed by atoms with Crippen molar-refractivity contribution >= 4 is 23.6 Å². The molecule has 1 atom stereocenters. The lowest BCUT2D eigenvalue weighted by Crippen LogP contribution is -2.31. The summed E-state index contributed by atoms with van der Waals surface area (Å²) in [4.78, 5) is 11.9. The Balaban J connectivity index is 2.78. The summed E-state index contributed by atoms with van der Waals surface area (Å²) >= 11 is 6.30. The van der Waals surface area contributed by atoms with Crippen molar-refractivity contribution in [1.82, 2.24) is 5.32 Å². The van der Waals surface area contributed by atoms with Crippen molar-refractivity contribution < 1.29 is 19.0 Å². The molecule has 0 aliphatic rings. The van der Waals surface area contributed by atoms with Gasteiger partial charge in [0.2, 0.25) is 5.91 Å². The van der Waals surface area contributed by atoms with E-state index in [1.54, 1.807) is 32.4 Å². The number of amides is 1. The van der Waals surface area contributed by atoms with Gasteiger partial charge in [-0.25, -0.2) is 0 Å². The second-order valence-corrected chi connectivity index (χ2v) is 6.67. The average Bonchev–Trinajstić information content (AvgIpc) is 2.56. The van der Waals surface area contributed by atoms with Crippen LogP contribution in [0.2, 0.25) is 5.02 Å². The van der Waals surface area contributed by atoms with E-state index in [0.29, 0.717) is 35.7 Å². The van der Waals surface area contributed by atoms with Gasteiger partial charge in [-0.05, 0) is 43.0 Å². The third-order valence-corrected chi connectivity index (χ3v) is 3.66. The van der Waals surface area contributed by atoms with E-state index in [1.165, 1.54) is 6.08 Å². The Kier molecular flexibility index (Phi) is 9.39. The van der Waals surface area contributed by atoms with Gasteiger partial charge in [-0.15, -0.1) is 0 Å². The van der Waals surface area contributed by atoms with E-state index < -0.39 is 0 Å². The molecule has 0 radical (unpaired) electrons. The van der Waals surface area contributed by atoms with Gasteiger partial charge in [0.25, 0.3) is 0 Å². The monoisotopic (exact) mass is 369 g/mol. The standard InChI is InChI=1S/C19H28ClNO4/c1-13(2)12-25-19-16(20)10-15(11-17(19)24-5)6-7-18(22)21-14(3)8-9-23-4/h6-7,10-11,13-14H,8-9,12H2,1-5H3,(H,21,22). The Bertz CT molecular complexity index is 587. The van der Waals surface area contributed by atoms with Crippen LogP contribution in [0.1, 0.15) is 32.8 Å². The molecule has 0 heterocycles. The quantitative estimate of drug-likeness (QED) is 0.635. The molecule has 25 heavy (non-hydrogen) atoms. The summed E-state index contributed by atoms with van der Waals surface area (Å²) in [5, 5.41) is 3.33. The molecule has 0 spiro atoms. The fraction of sp³-hybridized carbons (Fsp3) is 0.526. The largest absolute Gasteiger partial charge is 0.493 e. The van der Waals surface area contributed by atoms with E-state index in [2.05, 4.69) is 19.2 Å². The molecule has 1 unspecified atom stereocenters. The molecule has 0 saturated carbocycles. The summed E-state index contributed by atoms with van der Waals surface area (Å²) in [5.74, 6) is 1.28. The Morgan fingerprint density at radius 3 is 2.60 bits per heavy atom. The summed E-state index contributed by atoms with van der Waals surface area (Å²) in [7, 11) is 3.20. The zero-order chi connectivity index (χ0) is 18.8. The maximum Gasteiger partial charge on any atom is 0.244 e. The van der Waals surface area contributed by atoms with Crippen LogP contribution in [0.4, 0.5) is 0 Å². The molecular formula is C19H28ClNO4. The van der Waals surface area contributed by atoms with Crippen molar-refractivity contribution in [2.45, 2.75) is 33.2 Å². The van der Waals surface area contributed by atoms with Crippen LogP contribution in [0.25, 0.3) is 6.08 Å². The van der Waals surface area contributed by atoms with Crippen LogP contribution in [-0.2, 0) is 9.53 Å². The SMILES string of the molecule is COCCC(C)NC(=O)C=Cc1cc(Cl)c(OCC(C)C)c(OC)c1. The molecule has 0 bridgehead atoms. The molecule has 1 aromatic rings. The molecular weight excluding hydrogens is 342 g/mol.